The number of carbonyl (C=O) groups is 1. The molecule has 1 amide bonds. The zero-order chi connectivity index (χ0) is 32.7. The lowest BCUT2D eigenvalue weighted by Gasteiger charge is -2.47. The Morgan fingerprint density at radius 2 is 1.83 bits per heavy atom. The van der Waals surface area contributed by atoms with Crippen molar-refractivity contribution in [1.82, 2.24) is 29.6 Å². The van der Waals surface area contributed by atoms with E-state index in [0.29, 0.717) is 55.8 Å². The third-order valence-corrected chi connectivity index (χ3v) is 11.6. The number of halogens is 1. The molecule has 3 aromatic rings. The second-order valence-electron chi connectivity index (χ2n) is 14.0. The Morgan fingerprint density at radius 1 is 1.06 bits per heavy atom. The first-order valence-corrected chi connectivity index (χ1v) is 17.7. The first-order valence-electron chi connectivity index (χ1n) is 17.3. The quantitative estimate of drug-likeness (QED) is 0.213. The number of aryl methyl sites for hydroxylation is 1. The number of likely N-dealkylation sites (tertiary alicyclic amines) is 1. The fourth-order valence-electron chi connectivity index (χ4n) is 8.41. The maximum atomic E-state index is 14.1. The highest BCUT2D eigenvalue weighted by Gasteiger charge is 2.42. The second kappa shape index (κ2) is 13.9. The number of hydrogen-bond donors (Lipinski definition) is 4. The first kappa shape index (κ1) is 32.6. The van der Waals surface area contributed by atoms with Gasteiger partial charge in [0, 0.05) is 64.3 Å². The number of piperazine rings is 1. The summed E-state index contributed by atoms with van der Waals surface area (Å²) in [5.41, 5.74) is 9.90. The molecule has 2 aromatic carbocycles. The minimum absolute atomic E-state index is 0.00888. The molecule has 3 aliphatic heterocycles. The smallest absolute Gasteiger partial charge is 0.326 e. The standard InChI is InChI=1S/C35H48ClN7O4/c1-22-18-23(19-27(36)32(22)37)20-31(33(44)41-16-14-40(15-17-41)30-21-38-11-8-24-6-7-26(24)30)47-35(46)42-12-9-25(10-13-42)43-29-5-3-2-4-28(29)39-34(43)45/h2-5,18-19,24-26,30-31,35,38,46H,6-17,20-21,37H2,1H3,(H,39,45)/t24?,26?,30?,31-,35?/m1/s1. The molecule has 254 valence electrons. The number of H-pyrrole nitrogens is 1. The molecule has 4 fully saturated rings. The Kier molecular flexibility index (Phi) is 9.64. The molecule has 4 unspecified atom stereocenters. The maximum absolute atomic E-state index is 14.1. The van der Waals surface area contributed by atoms with Gasteiger partial charge in [-0.05, 0) is 86.7 Å². The molecule has 5 N–H and O–H groups in total. The average molecular weight is 666 g/mol. The fourth-order valence-corrected chi connectivity index (χ4v) is 8.70. The number of nitrogens with two attached hydrogens (primary N) is 1. The van der Waals surface area contributed by atoms with Gasteiger partial charge in [-0.2, -0.15) is 0 Å². The summed E-state index contributed by atoms with van der Waals surface area (Å²) < 4.78 is 8.09. The Labute approximate surface area is 281 Å². The summed E-state index contributed by atoms with van der Waals surface area (Å²) in [5, 5.41) is 15.5. The first-order chi connectivity index (χ1) is 22.8. The van der Waals surface area contributed by atoms with Crippen LogP contribution in [-0.4, -0.2) is 106 Å². The largest absolute Gasteiger partial charge is 0.397 e. The fraction of sp³-hybridized carbons (Fsp3) is 0.600. The van der Waals surface area contributed by atoms with E-state index < -0.39 is 12.5 Å². The van der Waals surface area contributed by atoms with Gasteiger partial charge in [0.25, 0.3) is 5.91 Å². The highest BCUT2D eigenvalue weighted by atomic mass is 35.5. The second-order valence-corrected chi connectivity index (χ2v) is 14.4. The van der Waals surface area contributed by atoms with E-state index in [0.717, 1.165) is 60.2 Å². The normalized spacial score (nSPS) is 26.0. The zero-order valence-corrected chi connectivity index (χ0v) is 28.0. The van der Waals surface area contributed by atoms with Crippen molar-refractivity contribution in [2.45, 2.75) is 70.1 Å². The molecule has 5 atom stereocenters. The average Bonchev–Trinajstić information content (AvgIpc) is 3.32. The third-order valence-electron chi connectivity index (χ3n) is 11.3. The van der Waals surface area contributed by atoms with E-state index in [1.54, 1.807) is 6.07 Å². The van der Waals surface area contributed by atoms with Crippen molar-refractivity contribution in [3.05, 3.63) is 63.0 Å². The van der Waals surface area contributed by atoms with Crippen LogP contribution in [-0.2, 0) is 16.0 Å². The minimum Gasteiger partial charge on any atom is -0.397 e. The maximum Gasteiger partial charge on any atom is 0.326 e. The molecule has 0 spiro atoms. The highest BCUT2D eigenvalue weighted by Crippen LogP contribution is 2.42. The molecule has 0 bridgehead atoms. The number of rotatable bonds is 8. The lowest BCUT2D eigenvalue weighted by molar-refractivity contribution is -0.225. The number of nitrogen functional groups attached to an aromatic ring is 1. The summed E-state index contributed by atoms with van der Waals surface area (Å²) in [7, 11) is 0. The molecule has 1 saturated carbocycles. The predicted molar refractivity (Wildman–Crippen MR) is 183 cm³/mol. The summed E-state index contributed by atoms with van der Waals surface area (Å²) in [5.74, 6) is 1.48. The number of nitrogens with zero attached hydrogens (tertiary/aromatic N) is 4. The van der Waals surface area contributed by atoms with Crippen LogP contribution in [0, 0.1) is 18.8 Å². The van der Waals surface area contributed by atoms with E-state index in [-0.39, 0.29) is 24.1 Å². The van der Waals surface area contributed by atoms with Crippen LogP contribution >= 0.6 is 11.6 Å². The van der Waals surface area contributed by atoms with Crippen LogP contribution in [0.15, 0.2) is 41.2 Å². The van der Waals surface area contributed by atoms with Gasteiger partial charge in [0.05, 0.1) is 21.7 Å². The molecule has 4 heterocycles. The highest BCUT2D eigenvalue weighted by molar-refractivity contribution is 6.33. The lowest BCUT2D eigenvalue weighted by atomic mass is 9.68. The molecule has 3 saturated heterocycles. The molecule has 1 aromatic heterocycles. The van der Waals surface area contributed by atoms with Crippen molar-refractivity contribution in [2.75, 3.05) is 58.1 Å². The van der Waals surface area contributed by atoms with Crippen LogP contribution in [0.4, 0.5) is 5.69 Å². The Balaban J connectivity index is 1.02. The molecule has 0 radical (unpaired) electrons. The molecule has 4 aliphatic rings. The van der Waals surface area contributed by atoms with Gasteiger partial charge in [0.1, 0.15) is 6.10 Å². The number of piperidine rings is 1. The minimum atomic E-state index is -1.26. The summed E-state index contributed by atoms with van der Waals surface area (Å²) >= 11 is 6.43. The summed E-state index contributed by atoms with van der Waals surface area (Å²) in [6, 6.07) is 12.0. The van der Waals surface area contributed by atoms with Crippen LogP contribution in [0.25, 0.3) is 11.0 Å². The van der Waals surface area contributed by atoms with Gasteiger partial charge >= 0.3 is 5.69 Å². The number of fused-ring (bicyclic) bond motifs is 2. The number of para-hydroxylation sites is 2. The lowest BCUT2D eigenvalue weighted by Crippen LogP contribution is -2.59. The van der Waals surface area contributed by atoms with Crippen molar-refractivity contribution in [3.8, 4) is 0 Å². The van der Waals surface area contributed by atoms with Gasteiger partial charge in [0.15, 0.2) is 0 Å². The number of benzene rings is 2. The SMILES string of the molecule is Cc1cc(C[C@@H](OC(O)N2CCC(n3c(=O)[nH]c4ccccc43)CC2)C(=O)N2CCN(C3CNCCC4CCC43)CC2)cc(Cl)c1N. The van der Waals surface area contributed by atoms with E-state index >= 15 is 0 Å². The van der Waals surface area contributed by atoms with E-state index in [2.05, 4.69) is 15.2 Å². The van der Waals surface area contributed by atoms with Gasteiger partial charge in [-0.25, -0.2) is 4.79 Å². The van der Waals surface area contributed by atoms with Gasteiger partial charge < -0.3 is 30.8 Å². The Morgan fingerprint density at radius 3 is 2.55 bits per heavy atom. The number of anilines is 1. The number of ether oxygens (including phenoxy) is 1. The number of aliphatic hydroxyl groups excluding tert-OH is 1. The van der Waals surface area contributed by atoms with Gasteiger partial charge in [0.2, 0.25) is 6.41 Å². The third kappa shape index (κ3) is 6.71. The Bertz CT molecular complexity index is 1600. The number of aliphatic hydroxyl groups is 1. The van der Waals surface area contributed by atoms with E-state index in [1.165, 1.54) is 19.3 Å². The van der Waals surface area contributed by atoms with E-state index in [4.69, 9.17) is 22.1 Å². The van der Waals surface area contributed by atoms with Crippen molar-refractivity contribution in [2.24, 2.45) is 11.8 Å². The molecule has 47 heavy (non-hydrogen) atoms. The van der Waals surface area contributed by atoms with Crippen LogP contribution in [0.1, 0.15) is 49.3 Å². The predicted octanol–water partition coefficient (Wildman–Crippen LogP) is 2.95. The zero-order valence-electron chi connectivity index (χ0n) is 27.2. The Hall–Kier alpha value is -2.93. The van der Waals surface area contributed by atoms with Crippen molar-refractivity contribution in [1.29, 1.82) is 0 Å². The number of aromatic nitrogens is 2. The monoisotopic (exact) mass is 665 g/mol. The van der Waals surface area contributed by atoms with Gasteiger partial charge in [-0.1, -0.05) is 29.8 Å². The van der Waals surface area contributed by atoms with Crippen molar-refractivity contribution < 1.29 is 14.6 Å². The summed E-state index contributed by atoms with van der Waals surface area (Å²) in [4.78, 5) is 36.2. The van der Waals surface area contributed by atoms with Crippen molar-refractivity contribution in [3.63, 3.8) is 0 Å². The topological polar surface area (TPSA) is 132 Å². The van der Waals surface area contributed by atoms with E-state index in [1.807, 2.05) is 51.6 Å². The number of hydrogen-bond acceptors (Lipinski definition) is 8. The number of carbonyl (C=O) groups excluding carboxylic acids is 1. The number of aromatic amines is 1. The summed E-state index contributed by atoms with van der Waals surface area (Å²) in [6.07, 6.45) is 3.40. The van der Waals surface area contributed by atoms with Crippen LogP contribution in [0.2, 0.25) is 5.02 Å². The van der Waals surface area contributed by atoms with Crippen molar-refractivity contribution >= 4 is 34.2 Å². The van der Waals surface area contributed by atoms with Gasteiger partial charge in [-0.3, -0.25) is 19.2 Å². The molecule has 12 heteroatoms. The number of nitrogens with one attached hydrogen (secondary N) is 2. The van der Waals surface area contributed by atoms with Crippen LogP contribution in [0.5, 0.6) is 0 Å². The number of amides is 1. The van der Waals surface area contributed by atoms with Crippen LogP contribution in [0.3, 0.4) is 0 Å². The summed E-state index contributed by atoms with van der Waals surface area (Å²) in [6.45, 7) is 8.03. The number of imidazole rings is 1. The van der Waals surface area contributed by atoms with E-state index in [9.17, 15) is 14.7 Å². The molecular formula is C35H48ClN7O4. The van der Waals surface area contributed by atoms with Gasteiger partial charge in [-0.15, -0.1) is 0 Å². The molecule has 1 aliphatic carbocycles. The molecular weight excluding hydrogens is 618 g/mol. The molecule has 7 rings (SSSR count). The van der Waals surface area contributed by atoms with Crippen LogP contribution < -0.4 is 16.7 Å². The molecule has 11 nitrogen and oxygen atoms in total.